The van der Waals surface area contributed by atoms with Crippen molar-refractivity contribution in [3.63, 3.8) is 0 Å². The molecule has 0 aromatic carbocycles. The van der Waals surface area contributed by atoms with Crippen LogP contribution in [0.5, 0.6) is 0 Å². The van der Waals surface area contributed by atoms with Gasteiger partial charge in [-0.15, -0.1) is 0 Å². The summed E-state index contributed by atoms with van der Waals surface area (Å²) < 4.78 is 34.4. The third-order valence-electron chi connectivity index (χ3n) is 14.2. The summed E-state index contributed by atoms with van der Waals surface area (Å²) in [4.78, 5) is 13.1. The van der Waals surface area contributed by atoms with Crippen molar-refractivity contribution >= 4 is 5.97 Å². The summed E-state index contributed by atoms with van der Waals surface area (Å²) in [5, 5.41) is 72.4. The zero-order chi connectivity index (χ0) is 53.0. The molecule has 0 amide bonds. The van der Waals surface area contributed by atoms with E-state index in [1.165, 1.54) is 141 Å². The number of ether oxygens (including phenoxy) is 6. The van der Waals surface area contributed by atoms with Crippen LogP contribution in [-0.4, -0.2) is 142 Å². The molecule has 0 spiro atoms. The van der Waals surface area contributed by atoms with Crippen LogP contribution in [0.2, 0.25) is 0 Å². The van der Waals surface area contributed by atoms with Crippen molar-refractivity contribution < 1.29 is 69.0 Å². The van der Waals surface area contributed by atoms with Crippen molar-refractivity contribution in [1.82, 2.24) is 0 Å². The number of aliphatic hydroxyl groups excluding tert-OH is 7. The van der Waals surface area contributed by atoms with E-state index in [0.717, 1.165) is 64.2 Å². The molecule has 73 heavy (non-hydrogen) atoms. The van der Waals surface area contributed by atoms with E-state index in [-0.39, 0.29) is 25.6 Å². The predicted octanol–water partition coefficient (Wildman–Crippen LogP) is 10.5. The van der Waals surface area contributed by atoms with Gasteiger partial charge in [0.1, 0.15) is 54.9 Å². The molecule has 0 aromatic heterocycles. The van der Waals surface area contributed by atoms with Gasteiger partial charge < -0.3 is 64.2 Å². The fourth-order valence-corrected chi connectivity index (χ4v) is 9.42. The molecule has 2 saturated heterocycles. The lowest BCUT2D eigenvalue weighted by molar-refractivity contribution is -0.332. The molecule has 2 rings (SSSR count). The summed E-state index contributed by atoms with van der Waals surface area (Å²) in [5.41, 5.74) is 0. The molecule has 2 aliphatic heterocycles. The Morgan fingerprint density at radius 2 is 0.890 bits per heavy atom. The number of allylic oxidation sites excluding steroid dienone is 6. The van der Waals surface area contributed by atoms with Gasteiger partial charge in [-0.2, -0.15) is 0 Å². The molecule has 2 fully saturated rings. The van der Waals surface area contributed by atoms with Crippen molar-refractivity contribution in [1.29, 1.82) is 0 Å². The van der Waals surface area contributed by atoms with Gasteiger partial charge in [-0.1, -0.05) is 217 Å². The second-order valence-corrected chi connectivity index (χ2v) is 20.8. The van der Waals surface area contributed by atoms with Gasteiger partial charge in [-0.25, -0.2) is 0 Å². The monoisotopic (exact) mass is 1040 g/mol. The Hall–Kier alpha value is -1.79. The summed E-state index contributed by atoms with van der Waals surface area (Å²) in [6.45, 7) is 3.60. The number of unbranched alkanes of at least 4 members (excludes halogenated alkanes) is 28. The van der Waals surface area contributed by atoms with E-state index in [1.54, 1.807) is 0 Å². The highest BCUT2D eigenvalue weighted by atomic mass is 16.7. The molecule has 0 bridgehead atoms. The van der Waals surface area contributed by atoms with Crippen LogP contribution in [0.15, 0.2) is 36.5 Å². The van der Waals surface area contributed by atoms with Gasteiger partial charge in [0.05, 0.1) is 26.4 Å². The van der Waals surface area contributed by atoms with Crippen LogP contribution in [0.4, 0.5) is 0 Å². The minimum absolute atomic E-state index is 0.0593. The Labute approximate surface area is 442 Å². The Bertz CT molecular complexity index is 1350. The number of esters is 1. The minimum atomic E-state index is -1.71. The first kappa shape index (κ1) is 67.3. The fraction of sp³-hybridized carbons (Fsp3) is 0.881. The van der Waals surface area contributed by atoms with Crippen LogP contribution in [0.25, 0.3) is 0 Å². The number of hydrogen-bond acceptors (Lipinski definition) is 14. The summed E-state index contributed by atoms with van der Waals surface area (Å²) >= 11 is 0. The van der Waals surface area contributed by atoms with Crippen molar-refractivity contribution in [2.45, 2.75) is 300 Å². The third kappa shape index (κ3) is 33.2. The lowest BCUT2D eigenvalue weighted by atomic mass is 9.98. The molecule has 11 atom stereocenters. The standard InChI is InChI=1S/C59H108O14/c1-3-5-7-9-11-13-15-17-19-21-23-24-25-26-28-30-32-34-36-38-40-42-51(61)71-48(45-68-43-41-39-37-35-33-31-29-27-22-20-18-16-14-12-10-8-6-4-2)46-69-58-57(67)55(65)53(63)50(73-58)47-70-59-56(66)54(64)52(62)49(44-60)72-59/h6,8,12,14,18,20,48-50,52-60,62-67H,3-5,7,9-11,13,15-17,19,21-47H2,1-2H3/b8-6-,14-12-,20-18-. The quantitative estimate of drug-likeness (QED) is 0.0172. The van der Waals surface area contributed by atoms with Gasteiger partial charge >= 0.3 is 5.97 Å². The fourth-order valence-electron chi connectivity index (χ4n) is 9.42. The number of carbonyl (C=O) groups is 1. The smallest absolute Gasteiger partial charge is 0.306 e. The molecule has 0 aromatic rings. The maximum absolute atomic E-state index is 13.1. The SMILES string of the molecule is CC/C=C\C/C=C\C/C=C\CCCCCCCCCCOCC(COC1OC(COC2OC(CO)C(O)C(O)C2O)C(O)C(O)C1O)OC(=O)CCCCCCCCCCCCCCCCCCCCCCC. The summed E-state index contributed by atoms with van der Waals surface area (Å²) in [6.07, 6.45) is 37.8. The van der Waals surface area contributed by atoms with Gasteiger partial charge in [0.25, 0.3) is 0 Å². The van der Waals surface area contributed by atoms with Crippen molar-refractivity contribution in [2.75, 3.05) is 33.0 Å². The molecule has 11 unspecified atom stereocenters. The van der Waals surface area contributed by atoms with Crippen LogP contribution >= 0.6 is 0 Å². The molecular weight excluding hydrogens is 933 g/mol. The normalized spacial score (nSPS) is 25.2. The highest BCUT2D eigenvalue weighted by molar-refractivity contribution is 5.69. The molecule has 0 radical (unpaired) electrons. The first-order valence-corrected chi connectivity index (χ1v) is 29.6. The molecule has 0 saturated carbocycles. The lowest BCUT2D eigenvalue weighted by Gasteiger charge is -2.42. The Morgan fingerprint density at radius 3 is 1.40 bits per heavy atom. The van der Waals surface area contributed by atoms with E-state index < -0.39 is 80.7 Å². The average Bonchev–Trinajstić information content (AvgIpc) is 3.39. The first-order valence-electron chi connectivity index (χ1n) is 29.6. The Morgan fingerprint density at radius 1 is 0.466 bits per heavy atom. The topological polar surface area (TPSA) is 214 Å². The number of rotatable bonds is 48. The molecular formula is C59H108O14. The van der Waals surface area contributed by atoms with E-state index in [9.17, 15) is 40.5 Å². The van der Waals surface area contributed by atoms with Crippen molar-refractivity contribution in [2.24, 2.45) is 0 Å². The Balaban J connectivity index is 1.70. The third-order valence-corrected chi connectivity index (χ3v) is 14.2. The van der Waals surface area contributed by atoms with Crippen LogP contribution < -0.4 is 0 Å². The summed E-state index contributed by atoms with van der Waals surface area (Å²) in [7, 11) is 0. The van der Waals surface area contributed by atoms with Gasteiger partial charge in [0, 0.05) is 13.0 Å². The largest absolute Gasteiger partial charge is 0.457 e. The van der Waals surface area contributed by atoms with Crippen LogP contribution in [0, 0.1) is 0 Å². The van der Waals surface area contributed by atoms with Gasteiger partial charge in [-0.05, 0) is 44.9 Å². The van der Waals surface area contributed by atoms with E-state index in [2.05, 4.69) is 50.3 Å². The van der Waals surface area contributed by atoms with E-state index >= 15 is 0 Å². The maximum atomic E-state index is 13.1. The second kappa shape index (κ2) is 46.3. The van der Waals surface area contributed by atoms with E-state index in [0.29, 0.717) is 13.0 Å². The van der Waals surface area contributed by atoms with E-state index in [1.807, 2.05) is 0 Å². The molecule has 0 aliphatic carbocycles. The van der Waals surface area contributed by atoms with Crippen LogP contribution in [0.1, 0.15) is 232 Å². The minimum Gasteiger partial charge on any atom is -0.457 e. The van der Waals surface area contributed by atoms with Gasteiger partial charge in [-0.3, -0.25) is 4.79 Å². The molecule has 7 N–H and O–H groups in total. The summed E-state index contributed by atoms with van der Waals surface area (Å²) in [6, 6.07) is 0. The van der Waals surface area contributed by atoms with Gasteiger partial charge in [0.2, 0.25) is 0 Å². The van der Waals surface area contributed by atoms with Crippen molar-refractivity contribution in [3.05, 3.63) is 36.5 Å². The molecule has 2 heterocycles. The number of aliphatic hydroxyl groups is 7. The molecule has 14 nitrogen and oxygen atoms in total. The number of carbonyl (C=O) groups excluding carboxylic acids is 1. The summed E-state index contributed by atoms with van der Waals surface area (Å²) in [5.74, 6) is -0.374. The highest BCUT2D eigenvalue weighted by Crippen LogP contribution is 2.27. The second-order valence-electron chi connectivity index (χ2n) is 20.8. The first-order chi connectivity index (χ1) is 35.6. The zero-order valence-electron chi connectivity index (χ0n) is 45.9. The van der Waals surface area contributed by atoms with Crippen molar-refractivity contribution in [3.8, 4) is 0 Å². The zero-order valence-corrected chi connectivity index (χ0v) is 45.9. The van der Waals surface area contributed by atoms with Crippen LogP contribution in [0.3, 0.4) is 0 Å². The average molecular weight is 1040 g/mol. The van der Waals surface area contributed by atoms with E-state index in [4.69, 9.17) is 28.4 Å². The Kier molecular flexibility index (Phi) is 42.7. The van der Waals surface area contributed by atoms with Gasteiger partial charge in [0.15, 0.2) is 12.6 Å². The number of hydrogen-bond donors (Lipinski definition) is 7. The van der Waals surface area contributed by atoms with Crippen LogP contribution in [-0.2, 0) is 33.2 Å². The maximum Gasteiger partial charge on any atom is 0.306 e. The molecule has 14 heteroatoms. The predicted molar refractivity (Wildman–Crippen MR) is 289 cm³/mol. The lowest BCUT2D eigenvalue weighted by Crippen LogP contribution is -2.61. The molecule has 2 aliphatic rings. The highest BCUT2D eigenvalue weighted by Gasteiger charge is 2.47. The molecule has 428 valence electrons.